The number of anilines is 1. The van der Waals surface area contributed by atoms with E-state index in [-0.39, 0.29) is 17.3 Å². The molecule has 0 fully saturated rings. The van der Waals surface area contributed by atoms with E-state index in [1.807, 2.05) is 6.92 Å². The van der Waals surface area contributed by atoms with Gasteiger partial charge in [-0.2, -0.15) is 0 Å². The average Bonchev–Trinajstić information content (AvgIpc) is 2.76. The van der Waals surface area contributed by atoms with Crippen LogP contribution in [-0.4, -0.2) is 50.5 Å². The lowest BCUT2D eigenvalue weighted by molar-refractivity contribution is -0.139. The maximum atomic E-state index is 14.4. The van der Waals surface area contributed by atoms with Crippen LogP contribution >= 0.6 is 23.2 Å². The highest BCUT2D eigenvalue weighted by molar-refractivity contribution is 7.92. The van der Waals surface area contributed by atoms with Crippen LogP contribution in [0.4, 0.5) is 10.1 Å². The normalized spacial score (nSPS) is 12.2. The number of unbranched alkanes of at least 4 members (excludes halogenated alkanes) is 1. The molecule has 2 rings (SSSR count). The fourth-order valence-corrected chi connectivity index (χ4v) is 4.52. The molecule has 34 heavy (non-hydrogen) atoms. The molecule has 1 N–H and O–H groups in total. The summed E-state index contributed by atoms with van der Waals surface area (Å²) < 4.78 is 40.0. The van der Waals surface area contributed by atoms with E-state index in [4.69, 9.17) is 23.2 Å². The van der Waals surface area contributed by atoms with Crippen molar-refractivity contribution in [2.24, 2.45) is 0 Å². The molecule has 0 saturated heterocycles. The molecule has 11 heteroatoms. The van der Waals surface area contributed by atoms with Gasteiger partial charge in [-0.15, -0.1) is 0 Å². The molecule has 0 bridgehead atoms. The Labute approximate surface area is 209 Å². The van der Waals surface area contributed by atoms with E-state index in [9.17, 15) is 22.4 Å². The first kappa shape index (κ1) is 27.9. The molecule has 0 aromatic heterocycles. The number of carbonyl (C=O) groups is 2. The average molecular weight is 532 g/mol. The minimum absolute atomic E-state index is 0.0773. The Kier molecular flexibility index (Phi) is 10.1. The van der Waals surface area contributed by atoms with Gasteiger partial charge in [0, 0.05) is 23.1 Å². The van der Waals surface area contributed by atoms with Crippen molar-refractivity contribution in [2.75, 3.05) is 23.7 Å². The summed E-state index contributed by atoms with van der Waals surface area (Å²) in [5.74, 6) is -1.89. The van der Waals surface area contributed by atoms with Crippen LogP contribution in [0.25, 0.3) is 0 Å². The highest BCUT2D eigenvalue weighted by Crippen LogP contribution is 2.25. The van der Waals surface area contributed by atoms with Gasteiger partial charge < -0.3 is 10.2 Å². The summed E-state index contributed by atoms with van der Waals surface area (Å²) in [4.78, 5) is 27.4. The van der Waals surface area contributed by atoms with Crippen molar-refractivity contribution >= 4 is 50.7 Å². The molecule has 7 nitrogen and oxygen atoms in total. The number of rotatable bonds is 11. The van der Waals surface area contributed by atoms with E-state index in [1.54, 1.807) is 12.1 Å². The van der Waals surface area contributed by atoms with Gasteiger partial charge in [-0.05, 0) is 43.2 Å². The van der Waals surface area contributed by atoms with Gasteiger partial charge in [-0.1, -0.05) is 54.7 Å². The Balaban J connectivity index is 2.40. The number of carbonyl (C=O) groups excluding carboxylic acids is 2. The van der Waals surface area contributed by atoms with Gasteiger partial charge >= 0.3 is 0 Å². The summed E-state index contributed by atoms with van der Waals surface area (Å²) in [5, 5.41) is 3.47. The Bertz CT molecular complexity index is 1130. The lowest BCUT2D eigenvalue weighted by atomic mass is 10.1. The highest BCUT2D eigenvalue weighted by Gasteiger charge is 2.31. The zero-order valence-electron chi connectivity index (χ0n) is 19.2. The van der Waals surface area contributed by atoms with Crippen molar-refractivity contribution in [1.82, 2.24) is 10.2 Å². The molecule has 0 aliphatic rings. The first-order chi connectivity index (χ1) is 16.0. The molecule has 1 atom stereocenters. The van der Waals surface area contributed by atoms with Gasteiger partial charge in [0.05, 0.1) is 11.9 Å². The van der Waals surface area contributed by atoms with Gasteiger partial charge in [0.1, 0.15) is 18.4 Å². The first-order valence-corrected chi connectivity index (χ1v) is 13.3. The van der Waals surface area contributed by atoms with E-state index in [1.165, 1.54) is 36.1 Å². The predicted octanol–water partition coefficient (Wildman–Crippen LogP) is 4.23. The molecule has 2 aromatic rings. The van der Waals surface area contributed by atoms with Crippen LogP contribution in [0.15, 0.2) is 42.5 Å². The highest BCUT2D eigenvalue weighted by atomic mass is 35.5. The smallest absolute Gasteiger partial charge is 0.244 e. The number of benzene rings is 2. The summed E-state index contributed by atoms with van der Waals surface area (Å²) in [5.41, 5.74) is 0.257. The topological polar surface area (TPSA) is 86.8 Å². The molecule has 0 unspecified atom stereocenters. The number of hydrogen-bond acceptors (Lipinski definition) is 4. The minimum atomic E-state index is -4.02. The van der Waals surface area contributed by atoms with Gasteiger partial charge in [-0.25, -0.2) is 12.8 Å². The van der Waals surface area contributed by atoms with E-state index < -0.39 is 40.2 Å². The monoisotopic (exact) mass is 531 g/mol. The molecule has 0 aliphatic heterocycles. The quantitative estimate of drug-likeness (QED) is 0.439. The van der Waals surface area contributed by atoms with Crippen LogP contribution in [0.5, 0.6) is 0 Å². The van der Waals surface area contributed by atoms with Crippen LogP contribution in [0.3, 0.4) is 0 Å². The van der Waals surface area contributed by atoms with Crippen molar-refractivity contribution < 1.29 is 22.4 Å². The number of halogens is 3. The molecule has 0 radical (unpaired) electrons. The van der Waals surface area contributed by atoms with Crippen molar-refractivity contribution in [3.63, 3.8) is 0 Å². The van der Waals surface area contributed by atoms with Gasteiger partial charge in [0.2, 0.25) is 21.8 Å². The minimum Gasteiger partial charge on any atom is -0.354 e. The standard InChI is InChI=1S/C23H28Cl2FN3O4S/c1-4-5-12-27-23(31)16(2)28(14-17-10-11-18(24)13-19(17)25)22(30)15-29(34(3,32)33)21-9-7-6-8-20(21)26/h6-11,13,16H,4-5,12,14-15H2,1-3H3,(H,27,31)/t16-/m0/s1. The zero-order chi connectivity index (χ0) is 25.5. The molecule has 0 aliphatic carbocycles. The number of nitrogens with zero attached hydrogens (tertiary/aromatic N) is 2. The third-order valence-electron chi connectivity index (χ3n) is 5.15. The molecular formula is C23H28Cl2FN3O4S. The fourth-order valence-electron chi connectivity index (χ4n) is 3.20. The van der Waals surface area contributed by atoms with Gasteiger partial charge in [0.25, 0.3) is 0 Å². The molecule has 0 saturated carbocycles. The third-order valence-corrected chi connectivity index (χ3v) is 6.87. The summed E-state index contributed by atoms with van der Waals surface area (Å²) in [6, 6.07) is 9.04. The largest absolute Gasteiger partial charge is 0.354 e. The predicted molar refractivity (Wildman–Crippen MR) is 133 cm³/mol. The van der Waals surface area contributed by atoms with Gasteiger partial charge in [-0.3, -0.25) is 13.9 Å². The number of para-hydroxylation sites is 1. The number of hydrogen-bond donors (Lipinski definition) is 1. The second-order valence-corrected chi connectivity index (χ2v) is 10.5. The summed E-state index contributed by atoms with van der Waals surface area (Å²) in [6.07, 6.45) is 2.53. The molecule has 0 heterocycles. The van der Waals surface area contributed by atoms with Crippen molar-refractivity contribution in [3.05, 3.63) is 63.9 Å². The van der Waals surface area contributed by atoms with Crippen molar-refractivity contribution in [2.45, 2.75) is 39.3 Å². The molecule has 0 spiro atoms. The third kappa shape index (κ3) is 7.58. The number of sulfonamides is 1. The van der Waals surface area contributed by atoms with Crippen molar-refractivity contribution in [1.29, 1.82) is 0 Å². The van der Waals surface area contributed by atoms with Crippen LogP contribution in [0, 0.1) is 5.82 Å². The fraction of sp³-hybridized carbons (Fsp3) is 0.391. The Morgan fingerprint density at radius 3 is 2.41 bits per heavy atom. The van der Waals surface area contributed by atoms with E-state index in [0.717, 1.165) is 25.2 Å². The first-order valence-electron chi connectivity index (χ1n) is 10.7. The molecule has 2 aromatic carbocycles. The van der Waals surface area contributed by atoms with Crippen LogP contribution < -0.4 is 9.62 Å². The van der Waals surface area contributed by atoms with Gasteiger partial charge in [0.15, 0.2) is 0 Å². The summed E-state index contributed by atoms with van der Waals surface area (Å²) in [7, 11) is -4.02. The van der Waals surface area contributed by atoms with E-state index >= 15 is 0 Å². The Morgan fingerprint density at radius 2 is 1.82 bits per heavy atom. The van der Waals surface area contributed by atoms with Crippen LogP contribution in [-0.2, 0) is 26.2 Å². The van der Waals surface area contributed by atoms with Crippen LogP contribution in [0.2, 0.25) is 10.0 Å². The SMILES string of the molecule is CCCCNC(=O)[C@H](C)N(Cc1ccc(Cl)cc1Cl)C(=O)CN(c1ccccc1F)S(C)(=O)=O. The lowest BCUT2D eigenvalue weighted by Gasteiger charge is -2.31. The zero-order valence-corrected chi connectivity index (χ0v) is 21.6. The Hall–Kier alpha value is -2.36. The molecule has 2 amide bonds. The second-order valence-electron chi connectivity index (χ2n) is 7.80. The molecule has 186 valence electrons. The summed E-state index contributed by atoms with van der Waals surface area (Å²) >= 11 is 12.2. The lowest BCUT2D eigenvalue weighted by Crippen LogP contribution is -2.51. The second kappa shape index (κ2) is 12.4. The molecular weight excluding hydrogens is 504 g/mol. The number of nitrogens with one attached hydrogen (secondary N) is 1. The van der Waals surface area contributed by atoms with Crippen LogP contribution in [0.1, 0.15) is 32.3 Å². The maximum absolute atomic E-state index is 14.4. The maximum Gasteiger partial charge on any atom is 0.244 e. The van der Waals surface area contributed by atoms with Crippen molar-refractivity contribution in [3.8, 4) is 0 Å². The summed E-state index contributed by atoms with van der Waals surface area (Å²) in [6.45, 7) is 3.19. The van der Waals surface area contributed by atoms with E-state index in [2.05, 4.69) is 5.32 Å². The van der Waals surface area contributed by atoms with E-state index in [0.29, 0.717) is 21.4 Å². The number of amides is 2. The Morgan fingerprint density at radius 1 is 1.15 bits per heavy atom.